The molecule has 2 rings (SSSR count). The van der Waals surface area contributed by atoms with Gasteiger partial charge in [-0.1, -0.05) is 6.92 Å². The molecule has 102 valence electrons. The van der Waals surface area contributed by atoms with Crippen molar-refractivity contribution in [1.29, 1.82) is 0 Å². The van der Waals surface area contributed by atoms with Crippen LogP contribution in [0.3, 0.4) is 0 Å². The van der Waals surface area contributed by atoms with Crippen LogP contribution in [-0.2, 0) is 6.54 Å². The van der Waals surface area contributed by atoms with Gasteiger partial charge in [0.2, 0.25) is 0 Å². The van der Waals surface area contributed by atoms with E-state index in [1.54, 1.807) is 0 Å². The van der Waals surface area contributed by atoms with Gasteiger partial charge < -0.3 is 10.2 Å². The second kappa shape index (κ2) is 7.54. The maximum atomic E-state index is 4.25. The minimum absolute atomic E-state index is 0.887. The van der Waals surface area contributed by atoms with Crippen molar-refractivity contribution in [3.8, 4) is 0 Å². The molecule has 0 amide bonds. The summed E-state index contributed by atoms with van der Waals surface area (Å²) in [4.78, 5) is 2.57. The summed E-state index contributed by atoms with van der Waals surface area (Å²) in [5, 5.41) is 7.79. The van der Waals surface area contributed by atoms with Crippen molar-refractivity contribution in [1.82, 2.24) is 20.0 Å². The maximum Gasteiger partial charge on any atom is 0.0536 e. The van der Waals surface area contributed by atoms with Gasteiger partial charge in [-0.15, -0.1) is 0 Å². The predicted molar refractivity (Wildman–Crippen MR) is 74.6 cm³/mol. The Balaban J connectivity index is 1.58. The lowest BCUT2D eigenvalue weighted by Gasteiger charge is -2.32. The Hall–Kier alpha value is -0.870. The highest BCUT2D eigenvalue weighted by Gasteiger charge is 2.18. The fraction of sp³-hybridized carbons (Fsp3) is 0.786. The van der Waals surface area contributed by atoms with Crippen molar-refractivity contribution in [2.45, 2.75) is 32.7 Å². The van der Waals surface area contributed by atoms with Gasteiger partial charge in [-0.05, 0) is 57.4 Å². The minimum Gasteiger partial charge on any atom is -0.316 e. The summed E-state index contributed by atoms with van der Waals surface area (Å²) < 4.78 is 2.02. The van der Waals surface area contributed by atoms with Gasteiger partial charge in [-0.2, -0.15) is 5.10 Å². The average molecular weight is 250 g/mol. The molecule has 0 aliphatic carbocycles. The molecule has 0 spiro atoms. The van der Waals surface area contributed by atoms with Crippen LogP contribution >= 0.6 is 0 Å². The first-order chi connectivity index (χ1) is 8.88. The van der Waals surface area contributed by atoms with Crippen LogP contribution in [0.4, 0.5) is 0 Å². The molecule has 0 unspecified atom stereocenters. The number of rotatable bonds is 7. The maximum absolute atomic E-state index is 4.25. The van der Waals surface area contributed by atoms with E-state index in [2.05, 4.69) is 22.2 Å². The van der Waals surface area contributed by atoms with E-state index in [0.717, 1.165) is 19.0 Å². The fourth-order valence-electron chi connectivity index (χ4n) is 2.57. The largest absolute Gasteiger partial charge is 0.316 e. The molecular weight excluding hydrogens is 224 g/mol. The molecular formula is C14H26N4. The Morgan fingerprint density at radius 3 is 2.78 bits per heavy atom. The van der Waals surface area contributed by atoms with Crippen LogP contribution in [0.5, 0.6) is 0 Å². The number of aromatic nitrogens is 2. The number of nitrogens with zero attached hydrogens (tertiary/aromatic N) is 3. The molecule has 1 saturated heterocycles. The molecule has 0 bridgehead atoms. The SMILES string of the molecule is CCCNCC1CCN(CCn2cccn2)CC1. The van der Waals surface area contributed by atoms with Crippen molar-refractivity contribution in [3.63, 3.8) is 0 Å². The third kappa shape index (κ3) is 4.42. The van der Waals surface area contributed by atoms with Gasteiger partial charge in [0.1, 0.15) is 0 Å². The van der Waals surface area contributed by atoms with Crippen molar-refractivity contribution in [3.05, 3.63) is 18.5 Å². The quantitative estimate of drug-likeness (QED) is 0.746. The molecule has 1 aliphatic rings. The summed E-state index contributed by atoms with van der Waals surface area (Å²) in [7, 11) is 0. The summed E-state index contributed by atoms with van der Waals surface area (Å²) in [6, 6.07) is 1.99. The number of hydrogen-bond acceptors (Lipinski definition) is 3. The molecule has 1 aromatic heterocycles. The monoisotopic (exact) mass is 250 g/mol. The number of nitrogens with one attached hydrogen (secondary N) is 1. The molecule has 4 nitrogen and oxygen atoms in total. The highest BCUT2D eigenvalue weighted by Crippen LogP contribution is 2.16. The molecule has 1 aliphatic heterocycles. The van der Waals surface area contributed by atoms with Crippen molar-refractivity contribution < 1.29 is 0 Å². The molecule has 0 aromatic carbocycles. The van der Waals surface area contributed by atoms with Crippen molar-refractivity contribution in [2.75, 3.05) is 32.7 Å². The van der Waals surface area contributed by atoms with Crippen LogP contribution in [0.15, 0.2) is 18.5 Å². The molecule has 0 saturated carbocycles. The Morgan fingerprint density at radius 2 is 2.11 bits per heavy atom. The second-order valence-corrected chi connectivity index (χ2v) is 5.26. The van der Waals surface area contributed by atoms with Gasteiger partial charge in [0, 0.05) is 18.9 Å². The first-order valence-corrected chi connectivity index (χ1v) is 7.29. The van der Waals surface area contributed by atoms with E-state index in [1.807, 2.05) is 23.1 Å². The normalized spacial score (nSPS) is 18.3. The zero-order valence-electron chi connectivity index (χ0n) is 11.5. The number of likely N-dealkylation sites (tertiary alicyclic amines) is 1. The fourth-order valence-corrected chi connectivity index (χ4v) is 2.57. The van der Waals surface area contributed by atoms with Gasteiger partial charge in [-0.25, -0.2) is 0 Å². The smallest absolute Gasteiger partial charge is 0.0536 e. The van der Waals surface area contributed by atoms with Crippen LogP contribution in [0.2, 0.25) is 0 Å². The van der Waals surface area contributed by atoms with E-state index in [4.69, 9.17) is 0 Å². The minimum atomic E-state index is 0.887. The van der Waals surface area contributed by atoms with E-state index < -0.39 is 0 Å². The zero-order chi connectivity index (χ0) is 12.6. The third-order valence-electron chi connectivity index (χ3n) is 3.77. The Morgan fingerprint density at radius 1 is 1.28 bits per heavy atom. The summed E-state index contributed by atoms with van der Waals surface area (Å²) in [6.07, 6.45) is 7.82. The van der Waals surface area contributed by atoms with E-state index >= 15 is 0 Å². The van der Waals surface area contributed by atoms with Crippen LogP contribution < -0.4 is 5.32 Å². The van der Waals surface area contributed by atoms with Crippen molar-refractivity contribution >= 4 is 0 Å². The molecule has 1 N–H and O–H groups in total. The van der Waals surface area contributed by atoms with E-state index in [0.29, 0.717) is 0 Å². The summed E-state index contributed by atoms with van der Waals surface area (Å²) in [5.74, 6) is 0.887. The lowest BCUT2D eigenvalue weighted by atomic mass is 9.97. The van der Waals surface area contributed by atoms with E-state index in [-0.39, 0.29) is 0 Å². The first-order valence-electron chi connectivity index (χ1n) is 7.29. The number of hydrogen-bond donors (Lipinski definition) is 1. The van der Waals surface area contributed by atoms with Crippen LogP contribution in [0.25, 0.3) is 0 Å². The lowest BCUT2D eigenvalue weighted by molar-refractivity contribution is 0.175. The highest BCUT2D eigenvalue weighted by atomic mass is 15.3. The number of piperidine rings is 1. The van der Waals surface area contributed by atoms with E-state index in [1.165, 1.54) is 45.4 Å². The van der Waals surface area contributed by atoms with Gasteiger partial charge >= 0.3 is 0 Å². The molecule has 2 heterocycles. The molecule has 18 heavy (non-hydrogen) atoms. The Kier molecular flexibility index (Phi) is 5.68. The molecule has 1 fully saturated rings. The molecule has 0 atom stereocenters. The molecule has 4 heteroatoms. The van der Waals surface area contributed by atoms with Gasteiger partial charge in [0.05, 0.1) is 6.54 Å². The second-order valence-electron chi connectivity index (χ2n) is 5.26. The Bertz CT molecular complexity index is 302. The predicted octanol–water partition coefficient (Wildman–Crippen LogP) is 1.59. The molecule has 0 radical (unpaired) electrons. The summed E-state index contributed by atoms with van der Waals surface area (Å²) in [6.45, 7) is 9.26. The van der Waals surface area contributed by atoms with E-state index in [9.17, 15) is 0 Å². The topological polar surface area (TPSA) is 33.1 Å². The van der Waals surface area contributed by atoms with Crippen molar-refractivity contribution in [2.24, 2.45) is 5.92 Å². The first kappa shape index (κ1) is 13.6. The lowest BCUT2D eigenvalue weighted by Crippen LogP contribution is -2.38. The highest BCUT2D eigenvalue weighted by molar-refractivity contribution is 4.79. The summed E-state index contributed by atoms with van der Waals surface area (Å²) in [5.41, 5.74) is 0. The third-order valence-corrected chi connectivity index (χ3v) is 3.77. The molecule has 1 aromatic rings. The average Bonchev–Trinajstić information content (AvgIpc) is 2.91. The van der Waals surface area contributed by atoms with Crippen LogP contribution in [0.1, 0.15) is 26.2 Å². The van der Waals surface area contributed by atoms with Crippen LogP contribution in [0, 0.1) is 5.92 Å². The van der Waals surface area contributed by atoms with Gasteiger partial charge in [-0.3, -0.25) is 4.68 Å². The summed E-state index contributed by atoms with van der Waals surface area (Å²) >= 11 is 0. The standard InChI is InChI=1S/C14H26N4/c1-2-6-15-13-14-4-9-17(10-5-14)11-12-18-8-3-7-16-18/h3,7-8,14-15H,2,4-6,9-13H2,1H3. The van der Waals surface area contributed by atoms with Crippen LogP contribution in [-0.4, -0.2) is 47.4 Å². The Labute approximate surface area is 110 Å². The van der Waals surface area contributed by atoms with Gasteiger partial charge in [0.15, 0.2) is 0 Å². The zero-order valence-corrected chi connectivity index (χ0v) is 11.5. The van der Waals surface area contributed by atoms with Gasteiger partial charge in [0.25, 0.3) is 0 Å².